The number of aliphatic hydroxyl groups is 1. The SMILES string of the molecule is C#CC(O)C=C(C)C. The van der Waals surface area contributed by atoms with E-state index in [4.69, 9.17) is 11.5 Å². The van der Waals surface area contributed by atoms with Gasteiger partial charge in [-0.3, -0.25) is 0 Å². The lowest BCUT2D eigenvalue weighted by Crippen LogP contribution is -1.96. The standard InChI is InChI=1S/C7H10O/c1-4-7(8)5-6(2)3/h1,5,7-8H,2-3H3. The molecule has 0 aliphatic rings. The van der Waals surface area contributed by atoms with Crippen molar-refractivity contribution in [2.75, 3.05) is 0 Å². The van der Waals surface area contributed by atoms with Crippen molar-refractivity contribution in [2.24, 2.45) is 0 Å². The molecule has 0 heterocycles. The first-order valence-corrected chi connectivity index (χ1v) is 2.46. The second-order valence-corrected chi connectivity index (χ2v) is 1.86. The summed E-state index contributed by atoms with van der Waals surface area (Å²) in [7, 11) is 0. The van der Waals surface area contributed by atoms with E-state index in [1.807, 2.05) is 13.8 Å². The highest BCUT2D eigenvalue weighted by molar-refractivity contribution is 5.09. The molecular formula is C7H10O. The quantitative estimate of drug-likeness (QED) is 0.393. The van der Waals surface area contributed by atoms with Crippen molar-refractivity contribution in [1.29, 1.82) is 0 Å². The molecule has 0 saturated carbocycles. The van der Waals surface area contributed by atoms with Crippen molar-refractivity contribution < 1.29 is 5.11 Å². The molecule has 0 aromatic rings. The summed E-state index contributed by atoms with van der Waals surface area (Å²) in [5.74, 6) is 2.18. The lowest BCUT2D eigenvalue weighted by atomic mass is 10.2. The maximum absolute atomic E-state index is 8.72. The van der Waals surface area contributed by atoms with Gasteiger partial charge in [-0.05, 0) is 19.9 Å². The molecule has 0 radical (unpaired) electrons. The van der Waals surface area contributed by atoms with E-state index >= 15 is 0 Å². The van der Waals surface area contributed by atoms with Gasteiger partial charge in [0.05, 0.1) is 0 Å². The largest absolute Gasteiger partial charge is 0.377 e. The third-order valence-electron chi connectivity index (χ3n) is 0.662. The monoisotopic (exact) mass is 110 g/mol. The van der Waals surface area contributed by atoms with Crippen molar-refractivity contribution in [3.8, 4) is 12.3 Å². The van der Waals surface area contributed by atoms with E-state index in [2.05, 4.69) is 5.92 Å². The zero-order chi connectivity index (χ0) is 6.57. The molecule has 1 N–H and O–H groups in total. The fourth-order valence-corrected chi connectivity index (χ4v) is 0.364. The molecule has 0 fully saturated rings. The van der Waals surface area contributed by atoms with Gasteiger partial charge < -0.3 is 5.11 Å². The van der Waals surface area contributed by atoms with Gasteiger partial charge in [-0.2, -0.15) is 0 Å². The highest BCUT2D eigenvalue weighted by atomic mass is 16.3. The molecule has 0 aromatic heterocycles. The van der Waals surface area contributed by atoms with Crippen LogP contribution in [0.15, 0.2) is 11.6 Å². The second kappa shape index (κ2) is 3.29. The molecule has 0 rings (SSSR count). The summed E-state index contributed by atoms with van der Waals surface area (Å²) in [6, 6.07) is 0. The molecule has 44 valence electrons. The van der Waals surface area contributed by atoms with Gasteiger partial charge in [-0.15, -0.1) is 6.42 Å². The Balaban J connectivity index is 3.74. The van der Waals surface area contributed by atoms with Gasteiger partial charge in [0.15, 0.2) is 0 Å². The number of hydrogen-bond acceptors (Lipinski definition) is 1. The molecule has 1 nitrogen and oxygen atoms in total. The number of hydrogen-bond donors (Lipinski definition) is 1. The summed E-state index contributed by atoms with van der Waals surface area (Å²) in [5.41, 5.74) is 1.04. The van der Waals surface area contributed by atoms with Crippen LogP contribution in [0.25, 0.3) is 0 Å². The smallest absolute Gasteiger partial charge is 0.133 e. The van der Waals surface area contributed by atoms with Gasteiger partial charge in [-0.25, -0.2) is 0 Å². The van der Waals surface area contributed by atoms with Gasteiger partial charge in [-0.1, -0.05) is 11.5 Å². The number of terminal acetylenes is 1. The first-order chi connectivity index (χ1) is 3.66. The average molecular weight is 110 g/mol. The van der Waals surface area contributed by atoms with Crippen LogP contribution < -0.4 is 0 Å². The fourth-order valence-electron chi connectivity index (χ4n) is 0.364. The molecule has 1 atom stereocenters. The normalized spacial score (nSPS) is 11.8. The Morgan fingerprint density at radius 1 is 1.75 bits per heavy atom. The van der Waals surface area contributed by atoms with Gasteiger partial charge in [0.2, 0.25) is 0 Å². The average Bonchev–Trinajstić information content (AvgIpc) is 1.65. The van der Waals surface area contributed by atoms with Crippen LogP contribution in [-0.4, -0.2) is 11.2 Å². The maximum Gasteiger partial charge on any atom is 0.133 e. The van der Waals surface area contributed by atoms with Crippen LogP contribution in [0.4, 0.5) is 0 Å². The lowest BCUT2D eigenvalue weighted by molar-refractivity contribution is 0.280. The van der Waals surface area contributed by atoms with Gasteiger partial charge in [0, 0.05) is 0 Å². The van der Waals surface area contributed by atoms with E-state index in [0.29, 0.717) is 0 Å². The lowest BCUT2D eigenvalue weighted by Gasteiger charge is -1.92. The van der Waals surface area contributed by atoms with Crippen molar-refractivity contribution >= 4 is 0 Å². The molecule has 0 aromatic carbocycles. The fraction of sp³-hybridized carbons (Fsp3) is 0.429. The molecule has 0 aliphatic carbocycles. The minimum atomic E-state index is -0.708. The van der Waals surface area contributed by atoms with E-state index in [9.17, 15) is 0 Å². The maximum atomic E-state index is 8.72. The summed E-state index contributed by atoms with van der Waals surface area (Å²) in [6.07, 6.45) is 5.79. The molecular weight excluding hydrogens is 100 g/mol. The molecule has 0 spiro atoms. The van der Waals surface area contributed by atoms with Gasteiger partial charge in [0.25, 0.3) is 0 Å². The summed E-state index contributed by atoms with van der Waals surface area (Å²) in [6.45, 7) is 3.78. The number of aliphatic hydroxyl groups excluding tert-OH is 1. The summed E-state index contributed by atoms with van der Waals surface area (Å²) < 4.78 is 0. The van der Waals surface area contributed by atoms with Crippen molar-refractivity contribution in [3.05, 3.63) is 11.6 Å². The van der Waals surface area contributed by atoms with Crippen molar-refractivity contribution in [3.63, 3.8) is 0 Å². The Kier molecular flexibility index (Phi) is 2.98. The first kappa shape index (κ1) is 7.26. The minimum Gasteiger partial charge on any atom is -0.377 e. The Labute approximate surface area is 50.0 Å². The summed E-state index contributed by atoms with van der Waals surface area (Å²) >= 11 is 0. The van der Waals surface area contributed by atoms with Gasteiger partial charge >= 0.3 is 0 Å². The molecule has 0 amide bonds. The van der Waals surface area contributed by atoms with E-state index in [-0.39, 0.29) is 0 Å². The second-order valence-electron chi connectivity index (χ2n) is 1.86. The van der Waals surface area contributed by atoms with Crippen molar-refractivity contribution in [1.82, 2.24) is 0 Å². The third-order valence-corrected chi connectivity index (χ3v) is 0.662. The first-order valence-electron chi connectivity index (χ1n) is 2.46. The van der Waals surface area contributed by atoms with Crippen LogP contribution in [0.1, 0.15) is 13.8 Å². The van der Waals surface area contributed by atoms with E-state index in [1.54, 1.807) is 6.08 Å². The van der Waals surface area contributed by atoms with Crippen LogP contribution >= 0.6 is 0 Å². The molecule has 0 bridgehead atoms. The number of allylic oxidation sites excluding steroid dienone is 1. The van der Waals surface area contributed by atoms with Crippen molar-refractivity contribution in [2.45, 2.75) is 20.0 Å². The van der Waals surface area contributed by atoms with Crippen LogP contribution in [0, 0.1) is 12.3 Å². The predicted molar refractivity (Wildman–Crippen MR) is 34.3 cm³/mol. The predicted octanol–water partition coefficient (Wildman–Crippen LogP) is 0.947. The molecule has 0 aliphatic heterocycles. The molecule has 1 heteroatoms. The van der Waals surface area contributed by atoms with E-state index in [1.165, 1.54) is 0 Å². The Morgan fingerprint density at radius 3 is 2.38 bits per heavy atom. The summed E-state index contributed by atoms with van der Waals surface area (Å²) in [4.78, 5) is 0. The molecule has 1 unspecified atom stereocenters. The van der Waals surface area contributed by atoms with Gasteiger partial charge in [0.1, 0.15) is 6.10 Å². The van der Waals surface area contributed by atoms with E-state index in [0.717, 1.165) is 5.57 Å². The highest BCUT2D eigenvalue weighted by Gasteiger charge is 1.88. The zero-order valence-corrected chi connectivity index (χ0v) is 5.18. The zero-order valence-electron chi connectivity index (χ0n) is 5.18. The third kappa shape index (κ3) is 3.45. The van der Waals surface area contributed by atoms with Crippen LogP contribution in [-0.2, 0) is 0 Å². The van der Waals surface area contributed by atoms with Crippen LogP contribution in [0.5, 0.6) is 0 Å². The highest BCUT2D eigenvalue weighted by Crippen LogP contribution is 1.91. The van der Waals surface area contributed by atoms with E-state index < -0.39 is 6.10 Å². The van der Waals surface area contributed by atoms with Crippen LogP contribution in [0.3, 0.4) is 0 Å². The topological polar surface area (TPSA) is 20.2 Å². The minimum absolute atomic E-state index is 0.708. The Morgan fingerprint density at radius 2 is 2.25 bits per heavy atom. The molecule has 8 heavy (non-hydrogen) atoms. The molecule has 0 saturated heterocycles. The number of rotatable bonds is 1. The summed E-state index contributed by atoms with van der Waals surface area (Å²) in [5, 5.41) is 8.72. The Bertz CT molecular complexity index is 124. The van der Waals surface area contributed by atoms with Crippen LogP contribution in [0.2, 0.25) is 0 Å². The Hall–Kier alpha value is -0.740.